The summed E-state index contributed by atoms with van der Waals surface area (Å²) < 4.78 is 2.93. The number of carbonyl (C=O) groups excluding carboxylic acids is 1. The first kappa shape index (κ1) is 17.6. The van der Waals surface area contributed by atoms with Crippen LogP contribution >= 0.6 is 27.7 Å². The predicted octanol–water partition coefficient (Wildman–Crippen LogP) is 4.87. The number of nitrogens with zero attached hydrogens (tertiary/aromatic N) is 3. The Morgan fingerprint density at radius 3 is 2.52 bits per heavy atom. The van der Waals surface area contributed by atoms with Gasteiger partial charge in [0.2, 0.25) is 0 Å². The number of halogens is 1. The topological polar surface area (TPSA) is 47.8 Å². The van der Waals surface area contributed by atoms with Crippen LogP contribution < -0.4 is 0 Å². The molecule has 4 nitrogen and oxygen atoms in total. The number of benzene rings is 2. The Hall–Kier alpha value is -2.18. The number of Topliss-reactive ketones (excluding diaryl/α,β-unsaturated/α-hetero) is 1. The minimum atomic E-state index is 0.0620. The van der Waals surface area contributed by atoms with Crippen LogP contribution in [0, 0.1) is 0 Å². The molecule has 0 spiro atoms. The fourth-order valence-corrected chi connectivity index (χ4v) is 3.45. The van der Waals surface area contributed by atoms with Gasteiger partial charge in [-0.15, -0.1) is 16.8 Å². The number of aromatic nitrogens is 3. The molecule has 0 atom stereocenters. The fourth-order valence-electron chi connectivity index (χ4n) is 2.34. The Morgan fingerprint density at radius 2 is 1.84 bits per heavy atom. The summed E-state index contributed by atoms with van der Waals surface area (Å²) in [5, 5.41) is 9.27. The van der Waals surface area contributed by atoms with Gasteiger partial charge in [-0.1, -0.05) is 76.2 Å². The molecule has 0 radical (unpaired) electrons. The normalized spacial score (nSPS) is 10.6. The van der Waals surface area contributed by atoms with Crippen molar-refractivity contribution >= 4 is 33.5 Å². The van der Waals surface area contributed by atoms with Crippen molar-refractivity contribution in [1.82, 2.24) is 14.8 Å². The molecule has 0 N–H and O–H groups in total. The molecule has 25 heavy (non-hydrogen) atoms. The van der Waals surface area contributed by atoms with Gasteiger partial charge in [0.05, 0.1) is 5.75 Å². The number of hydrogen-bond donors (Lipinski definition) is 0. The second kappa shape index (κ2) is 8.27. The minimum Gasteiger partial charge on any atom is -0.298 e. The molecule has 1 aromatic heterocycles. The van der Waals surface area contributed by atoms with Crippen molar-refractivity contribution < 1.29 is 4.79 Å². The number of thioether (sulfide) groups is 1. The third kappa shape index (κ3) is 4.27. The largest absolute Gasteiger partial charge is 0.298 e. The zero-order valence-corrected chi connectivity index (χ0v) is 15.8. The van der Waals surface area contributed by atoms with Gasteiger partial charge in [-0.25, -0.2) is 0 Å². The first-order valence-corrected chi connectivity index (χ1v) is 9.48. The number of rotatable bonds is 7. The number of allylic oxidation sites excluding steroid dienone is 1. The second-order valence-corrected chi connectivity index (χ2v) is 7.15. The van der Waals surface area contributed by atoms with E-state index in [2.05, 4.69) is 32.7 Å². The highest BCUT2D eigenvalue weighted by molar-refractivity contribution is 9.10. The fraction of sp³-hybridized carbons (Fsp3) is 0.105. The van der Waals surface area contributed by atoms with E-state index in [4.69, 9.17) is 0 Å². The van der Waals surface area contributed by atoms with E-state index >= 15 is 0 Å². The highest BCUT2D eigenvalue weighted by atomic mass is 79.9. The Kier molecular flexibility index (Phi) is 5.83. The van der Waals surface area contributed by atoms with E-state index in [1.807, 2.05) is 59.2 Å². The lowest BCUT2D eigenvalue weighted by molar-refractivity contribution is 0.102. The van der Waals surface area contributed by atoms with E-state index < -0.39 is 0 Å². The molecular weight excluding hydrogens is 398 g/mol. The van der Waals surface area contributed by atoms with Gasteiger partial charge in [0, 0.05) is 22.1 Å². The summed E-state index contributed by atoms with van der Waals surface area (Å²) in [6.45, 7) is 4.39. The SMILES string of the molecule is C=CCn1c(SCC(=O)c2ccc(Br)cc2)nnc1-c1ccccc1. The van der Waals surface area contributed by atoms with E-state index in [1.165, 1.54) is 11.8 Å². The van der Waals surface area contributed by atoms with Crippen molar-refractivity contribution in [3.05, 3.63) is 77.3 Å². The van der Waals surface area contributed by atoms with Crippen LogP contribution in [0.15, 0.2) is 76.9 Å². The van der Waals surface area contributed by atoms with Crippen LogP contribution in [0.3, 0.4) is 0 Å². The molecule has 0 saturated carbocycles. The molecule has 0 bridgehead atoms. The third-order valence-corrected chi connectivity index (χ3v) is 5.05. The van der Waals surface area contributed by atoms with Crippen molar-refractivity contribution in [2.75, 3.05) is 5.75 Å². The average Bonchev–Trinajstić information content (AvgIpc) is 3.04. The first-order valence-electron chi connectivity index (χ1n) is 7.70. The Labute approximate surface area is 159 Å². The van der Waals surface area contributed by atoms with Crippen molar-refractivity contribution in [2.45, 2.75) is 11.7 Å². The lowest BCUT2D eigenvalue weighted by Crippen LogP contribution is -2.05. The maximum absolute atomic E-state index is 12.4. The molecule has 0 aliphatic carbocycles. The van der Waals surface area contributed by atoms with Crippen LogP contribution in [0.1, 0.15) is 10.4 Å². The maximum atomic E-state index is 12.4. The average molecular weight is 414 g/mol. The van der Waals surface area contributed by atoms with Crippen molar-refractivity contribution in [2.24, 2.45) is 0 Å². The monoisotopic (exact) mass is 413 g/mol. The Bertz CT molecular complexity index is 875. The summed E-state index contributed by atoms with van der Waals surface area (Å²) in [4.78, 5) is 12.4. The number of carbonyl (C=O) groups is 1. The molecule has 0 amide bonds. The number of ketones is 1. The molecule has 0 aliphatic rings. The molecule has 0 unspecified atom stereocenters. The zero-order valence-electron chi connectivity index (χ0n) is 13.4. The summed E-state index contributed by atoms with van der Waals surface area (Å²) in [7, 11) is 0. The van der Waals surface area contributed by atoms with E-state index in [1.54, 1.807) is 6.08 Å². The summed E-state index contributed by atoms with van der Waals surface area (Å²) in [6, 6.07) is 17.2. The van der Waals surface area contributed by atoms with Gasteiger partial charge in [-0.2, -0.15) is 0 Å². The van der Waals surface area contributed by atoms with Crippen LogP contribution in [-0.2, 0) is 6.54 Å². The molecule has 126 valence electrons. The highest BCUT2D eigenvalue weighted by Gasteiger charge is 2.15. The van der Waals surface area contributed by atoms with Crippen LogP contribution in [0.5, 0.6) is 0 Å². The smallest absolute Gasteiger partial charge is 0.192 e. The Morgan fingerprint density at radius 1 is 1.12 bits per heavy atom. The summed E-state index contributed by atoms with van der Waals surface area (Å²) >= 11 is 4.76. The zero-order chi connectivity index (χ0) is 17.6. The van der Waals surface area contributed by atoms with Gasteiger partial charge in [-0.05, 0) is 12.1 Å². The maximum Gasteiger partial charge on any atom is 0.192 e. The molecule has 3 aromatic rings. The lowest BCUT2D eigenvalue weighted by atomic mass is 10.2. The van der Waals surface area contributed by atoms with Crippen molar-refractivity contribution in [1.29, 1.82) is 0 Å². The molecule has 0 aliphatic heterocycles. The van der Waals surface area contributed by atoms with Crippen LogP contribution in [0.2, 0.25) is 0 Å². The number of hydrogen-bond acceptors (Lipinski definition) is 4. The van der Waals surface area contributed by atoms with Crippen LogP contribution in [-0.4, -0.2) is 26.3 Å². The van der Waals surface area contributed by atoms with E-state index in [0.717, 1.165) is 15.9 Å². The molecule has 3 rings (SSSR count). The van der Waals surface area contributed by atoms with Gasteiger partial charge in [0.25, 0.3) is 0 Å². The van der Waals surface area contributed by atoms with Crippen LogP contribution in [0.25, 0.3) is 11.4 Å². The lowest BCUT2D eigenvalue weighted by Gasteiger charge is -2.07. The quantitative estimate of drug-likeness (QED) is 0.315. The van der Waals surface area contributed by atoms with Gasteiger partial charge in [0.1, 0.15) is 0 Å². The van der Waals surface area contributed by atoms with Gasteiger partial charge < -0.3 is 0 Å². The van der Waals surface area contributed by atoms with Gasteiger partial charge in [0.15, 0.2) is 16.8 Å². The summed E-state index contributed by atoms with van der Waals surface area (Å²) in [6.07, 6.45) is 1.80. The summed E-state index contributed by atoms with van der Waals surface area (Å²) in [5.41, 5.74) is 1.68. The van der Waals surface area contributed by atoms with E-state index in [-0.39, 0.29) is 5.78 Å². The Balaban J connectivity index is 1.78. The minimum absolute atomic E-state index is 0.0620. The van der Waals surface area contributed by atoms with Crippen LogP contribution in [0.4, 0.5) is 0 Å². The van der Waals surface area contributed by atoms with E-state index in [0.29, 0.717) is 23.0 Å². The molecule has 2 aromatic carbocycles. The molecule has 0 fully saturated rings. The summed E-state index contributed by atoms with van der Waals surface area (Å²) in [5.74, 6) is 1.15. The molecule has 1 heterocycles. The molecular formula is C19H16BrN3OS. The van der Waals surface area contributed by atoms with E-state index in [9.17, 15) is 4.79 Å². The standard InChI is InChI=1S/C19H16BrN3OS/c1-2-12-23-18(15-6-4-3-5-7-15)21-22-19(23)25-13-17(24)14-8-10-16(20)11-9-14/h2-11H,1,12-13H2. The molecule has 0 saturated heterocycles. The second-order valence-electron chi connectivity index (χ2n) is 5.29. The van der Waals surface area contributed by atoms with Crippen molar-refractivity contribution in [3.63, 3.8) is 0 Å². The van der Waals surface area contributed by atoms with Gasteiger partial charge in [-0.3, -0.25) is 9.36 Å². The highest BCUT2D eigenvalue weighted by Crippen LogP contribution is 2.24. The van der Waals surface area contributed by atoms with Crippen molar-refractivity contribution in [3.8, 4) is 11.4 Å². The first-order chi connectivity index (χ1) is 12.2. The van der Waals surface area contributed by atoms with Gasteiger partial charge >= 0.3 is 0 Å². The predicted molar refractivity (Wildman–Crippen MR) is 105 cm³/mol. The third-order valence-electron chi connectivity index (χ3n) is 3.56. The molecule has 6 heteroatoms.